The molecule has 0 aliphatic carbocycles. The summed E-state index contributed by atoms with van der Waals surface area (Å²) in [6.07, 6.45) is 1.75. The van der Waals surface area contributed by atoms with Gasteiger partial charge in [0, 0.05) is 12.7 Å². The molecule has 0 saturated carbocycles. The molecule has 0 unspecified atom stereocenters. The summed E-state index contributed by atoms with van der Waals surface area (Å²) in [7, 11) is 0. The van der Waals surface area contributed by atoms with E-state index >= 15 is 0 Å². The van der Waals surface area contributed by atoms with Gasteiger partial charge in [-0.1, -0.05) is 36.4 Å². The quantitative estimate of drug-likeness (QED) is 0.550. The molecule has 1 aliphatic heterocycles. The van der Waals surface area contributed by atoms with Crippen LogP contribution in [0.4, 0.5) is 10.5 Å². The fraction of sp³-hybridized carbons (Fsp3) is 0.286. The number of benzene rings is 2. The third-order valence-electron chi connectivity index (χ3n) is 4.21. The number of carbonyl (C=O) groups is 1. The highest BCUT2D eigenvalue weighted by Crippen LogP contribution is 2.39. The summed E-state index contributed by atoms with van der Waals surface area (Å²) in [6, 6.07) is 14.6. The lowest BCUT2D eigenvalue weighted by Crippen LogP contribution is -2.32. The predicted molar refractivity (Wildman–Crippen MR) is 104 cm³/mol. The van der Waals surface area contributed by atoms with Crippen LogP contribution in [0.5, 0.6) is 0 Å². The second-order valence-electron chi connectivity index (χ2n) is 7.40. The molecule has 0 bridgehead atoms. The van der Waals surface area contributed by atoms with Crippen LogP contribution in [0, 0.1) is 10.1 Å². The molecule has 0 aromatic heterocycles. The first-order valence-corrected chi connectivity index (χ1v) is 8.80. The number of amides is 1. The van der Waals surface area contributed by atoms with E-state index in [1.807, 2.05) is 36.4 Å². The SMILES string of the molecule is CC(C)(C)OC(=O)N1C=C(c2cccc(-c3ccccc3)c2[N+](=O)[O-])CC1. The first kappa shape index (κ1) is 18.6. The number of nitro groups is 1. The molecule has 140 valence electrons. The highest BCUT2D eigenvalue weighted by atomic mass is 16.6. The molecule has 1 amide bonds. The van der Waals surface area contributed by atoms with Crippen LogP contribution >= 0.6 is 0 Å². The number of nitrogens with zero attached hydrogens (tertiary/aromatic N) is 2. The Morgan fingerprint density at radius 2 is 1.74 bits per heavy atom. The average Bonchev–Trinajstić information content (AvgIpc) is 3.10. The van der Waals surface area contributed by atoms with Gasteiger partial charge in [-0.2, -0.15) is 0 Å². The third-order valence-corrected chi connectivity index (χ3v) is 4.21. The fourth-order valence-electron chi connectivity index (χ4n) is 3.08. The number of hydrogen-bond donors (Lipinski definition) is 0. The molecule has 6 nitrogen and oxygen atoms in total. The van der Waals surface area contributed by atoms with E-state index in [9.17, 15) is 14.9 Å². The number of para-hydroxylation sites is 1. The maximum atomic E-state index is 12.3. The van der Waals surface area contributed by atoms with E-state index in [0.717, 1.165) is 11.1 Å². The van der Waals surface area contributed by atoms with E-state index in [1.54, 1.807) is 39.1 Å². The summed E-state index contributed by atoms with van der Waals surface area (Å²) in [4.78, 5) is 25.2. The summed E-state index contributed by atoms with van der Waals surface area (Å²) < 4.78 is 5.39. The van der Waals surface area contributed by atoms with Crippen molar-refractivity contribution in [3.8, 4) is 11.1 Å². The van der Waals surface area contributed by atoms with Gasteiger partial charge < -0.3 is 4.74 Å². The summed E-state index contributed by atoms with van der Waals surface area (Å²) >= 11 is 0. The molecule has 27 heavy (non-hydrogen) atoms. The maximum Gasteiger partial charge on any atom is 0.414 e. The minimum absolute atomic E-state index is 0.0565. The molecule has 0 radical (unpaired) electrons. The molecule has 2 aromatic carbocycles. The summed E-state index contributed by atoms with van der Waals surface area (Å²) in [5.41, 5.74) is 2.11. The first-order chi connectivity index (χ1) is 12.8. The Hall–Kier alpha value is -3.15. The van der Waals surface area contributed by atoms with E-state index in [1.165, 1.54) is 4.90 Å². The van der Waals surface area contributed by atoms with Crippen molar-refractivity contribution >= 4 is 17.4 Å². The lowest BCUT2D eigenvalue weighted by atomic mass is 9.96. The molecular formula is C21H22N2O4. The topological polar surface area (TPSA) is 72.7 Å². The van der Waals surface area contributed by atoms with Crippen LogP contribution in [0.25, 0.3) is 16.7 Å². The predicted octanol–water partition coefficient (Wildman–Crippen LogP) is 5.24. The van der Waals surface area contributed by atoms with E-state index < -0.39 is 11.7 Å². The lowest BCUT2D eigenvalue weighted by Gasteiger charge is -2.23. The molecule has 1 heterocycles. The van der Waals surface area contributed by atoms with Crippen molar-refractivity contribution in [1.82, 2.24) is 4.90 Å². The van der Waals surface area contributed by atoms with Gasteiger partial charge in [0.15, 0.2) is 0 Å². The maximum absolute atomic E-state index is 12.3. The van der Waals surface area contributed by atoms with Gasteiger partial charge in [-0.25, -0.2) is 4.79 Å². The van der Waals surface area contributed by atoms with E-state index in [2.05, 4.69) is 0 Å². The summed E-state index contributed by atoms with van der Waals surface area (Å²) in [5, 5.41) is 11.8. The van der Waals surface area contributed by atoms with Crippen molar-refractivity contribution in [3.63, 3.8) is 0 Å². The van der Waals surface area contributed by atoms with Crippen LogP contribution in [0.3, 0.4) is 0 Å². The zero-order valence-electron chi connectivity index (χ0n) is 15.6. The minimum Gasteiger partial charge on any atom is -0.443 e. The summed E-state index contributed by atoms with van der Waals surface area (Å²) in [5.74, 6) is 0. The molecular weight excluding hydrogens is 344 g/mol. The molecule has 2 aromatic rings. The van der Waals surface area contributed by atoms with Crippen molar-refractivity contribution < 1.29 is 14.5 Å². The Labute approximate surface area is 158 Å². The van der Waals surface area contributed by atoms with Gasteiger partial charge >= 0.3 is 6.09 Å². The first-order valence-electron chi connectivity index (χ1n) is 8.80. The van der Waals surface area contributed by atoms with E-state index in [4.69, 9.17) is 4.74 Å². The number of rotatable bonds is 3. The van der Waals surface area contributed by atoms with Crippen molar-refractivity contribution in [2.75, 3.05) is 6.54 Å². The van der Waals surface area contributed by atoms with Gasteiger partial charge in [0.2, 0.25) is 0 Å². The van der Waals surface area contributed by atoms with Crippen molar-refractivity contribution in [2.45, 2.75) is 32.8 Å². The van der Waals surface area contributed by atoms with Gasteiger partial charge in [-0.3, -0.25) is 15.0 Å². The van der Waals surface area contributed by atoms with Gasteiger partial charge in [0.25, 0.3) is 5.69 Å². The second-order valence-corrected chi connectivity index (χ2v) is 7.40. The standard InChI is InChI=1S/C21H22N2O4/c1-21(2,3)27-20(24)22-13-12-16(14-22)18-11-7-10-17(19(18)23(25)26)15-8-5-4-6-9-15/h4-11,14H,12-13H2,1-3H3. The Bertz CT molecular complexity index is 898. The Morgan fingerprint density at radius 1 is 1.07 bits per heavy atom. The summed E-state index contributed by atoms with van der Waals surface area (Å²) in [6.45, 7) is 5.86. The highest BCUT2D eigenvalue weighted by molar-refractivity contribution is 5.86. The Morgan fingerprint density at radius 3 is 2.37 bits per heavy atom. The second kappa shape index (κ2) is 7.23. The van der Waals surface area contributed by atoms with Crippen molar-refractivity contribution in [1.29, 1.82) is 0 Å². The van der Waals surface area contributed by atoms with Gasteiger partial charge in [0.05, 0.1) is 16.1 Å². The largest absolute Gasteiger partial charge is 0.443 e. The van der Waals surface area contributed by atoms with Crippen LogP contribution in [0.2, 0.25) is 0 Å². The van der Waals surface area contributed by atoms with E-state index in [-0.39, 0.29) is 10.6 Å². The molecule has 0 saturated heterocycles. The zero-order valence-corrected chi connectivity index (χ0v) is 15.6. The Balaban J connectivity index is 1.99. The average molecular weight is 366 g/mol. The minimum atomic E-state index is -0.590. The van der Waals surface area contributed by atoms with Crippen LogP contribution < -0.4 is 0 Å². The number of carbonyl (C=O) groups excluding carboxylic acids is 1. The third kappa shape index (κ3) is 4.16. The Kier molecular flexibility index (Phi) is 4.99. The van der Waals surface area contributed by atoms with Crippen molar-refractivity contribution in [3.05, 3.63) is 70.4 Å². The van der Waals surface area contributed by atoms with Gasteiger partial charge in [0.1, 0.15) is 5.60 Å². The molecule has 1 aliphatic rings. The van der Waals surface area contributed by atoms with Crippen LogP contribution in [0.15, 0.2) is 54.7 Å². The molecule has 0 N–H and O–H groups in total. The number of ether oxygens (including phenoxy) is 1. The molecule has 6 heteroatoms. The molecule has 3 rings (SSSR count). The lowest BCUT2D eigenvalue weighted by molar-refractivity contribution is -0.384. The molecule has 0 fully saturated rings. The molecule has 0 spiro atoms. The number of hydrogen-bond acceptors (Lipinski definition) is 4. The normalized spacial score (nSPS) is 14.0. The van der Waals surface area contributed by atoms with Gasteiger partial charge in [-0.05, 0) is 50.5 Å². The smallest absolute Gasteiger partial charge is 0.414 e. The highest BCUT2D eigenvalue weighted by Gasteiger charge is 2.29. The monoisotopic (exact) mass is 366 g/mol. The molecule has 0 atom stereocenters. The zero-order chi connectivity index (χ0) is 19.6. The van der Waals surface area contributed by atoms with Crippen LogP contribution in [-0.4, -0.2) is 28.1 Å². The van der Waals surface area contributed by atoms with E-state index in [0.29, 0.717) is 24.1 Å². The van der Waals surface area contributed by atoms with Crippen molar-refractivity contribution in [2.24, 2.45) is 0 Å². The van der Waals surface area contributed by atoms with Crippen LogP contribution in [0.1, 0.15) is 32.8 Å². The van der Waals surface area contributed by atoms with Gasteiger partial charge in [-0.15, -0.1) is 0 Å². The van der Waals surface area contributed by atoms with Crippen LogP contribution in [-0.2, 0) is 4.74 Å². The fourth-order valence-corrected chi connectivity index (χ4v) is 3.08. The number of nitro benzene ring substituents is 1.